The molecule has 2 aliphatic rings. The maximum Gasteiger partial charge on any atom is 0.243 e. The van der Waals surface area contributed by atoms with Crippen molar-refractivity contribution in [1.82, 2.24) is 10.9 Å². The lowest BCUT2D eigenvalue weighted by Gasteiger charge is -2.19. The van der Waals surface area contributed by atoms with E-state index in [0.717, 1.165) is 62.5 Å². The number of hydrogen-bond acceptors (Lipinski definition) is 4. The fourth-order valence-electron chi connectivity index (χ4n) is 3.92. The van der Waals surface area contributed by atoms with E-state index in [1.807, 2.05) is 24.3 Å². The van der Waals surface area contributed by atoms with E-state index >= 15 is 0 Å². The fourth-order valence-corrected chi connectivity index (χ4v) is 3.92. The minimum absolute atomic E-state index is 0.0217. The van der Waals surface area contributed by atoms with Crippen molar-refractivity contribution in [2.45, 2.75) is 64.2 Å². The number of benzene rings is 1. The standard InChI is InChI=1S/C22H30N4O2/c27-21(19-7-3-1-4-8-19)25-23-15-17-11-13-18(14-12-17)16-24-26-22(28)20-9-5-2-6-10-20/h11-16,19-20H,1-10H2,(H,25,27)(H,26,28)/b23-15-,24-16-. The Morgan fingerprint density at radius 2 is 1.04 bits per heavy atom. The predicted molar refractivity (Wildman–Crippen MR) is 111 cm³/mol. The van der Waals surface area contributed by atoms with Crippen LogP contribution >= 0.6 is 0 Å². The second kappa shape index (κ2) is 10.7. The zero-order chi connectivity index (χ0) is 19.6. The summed E-state index contributed by atoms with van der Waals surface area (Å²) < 4.78 is 0. The largest absolute Gasteiger partial charge is 0.273 e. The van der Waals surface area contributed by atoms with E-state index in [0.29, 0.717) is 0 Å². The van der Waals surface area contributed by atoms with Gasteiger partial charge in [-0.2, -0.15) is 10.2 Å². The summed E-state index contributed by atoms with van der Waals surface area (Å²) in [6, 6.07) is 7.61. The molecule has 1 aromatic carbocycles. The van der Waals surface area contributed by atoms with Crippen molar-refractivity contribution in [2.24, 2.45) is 22.0 Å². The van der Waals surface area contributed by atoms with Gasteiger partial charge in [0.2, 0.25) is 11.8 Å². The molecule has 2 N–H and O–H groups in total. The van der Waals surface area contributed by atoms with Gasteiger partial charge < -0.3 is 0 Å². The molecule has 150 valence electrons. The first kappa shape index (κ1) is 20.2. The Morgan fingerprint density at radius 3 is 1.39 bits per heavy atom. The zero-order valence-electron chi connectivity index (χ0n) is 16.4. The Kier molecular flexibility index (Phi) is 7.76. The quantitative estimate of drug-likeness (QED) is 0.580. The molecule has 28 heavy (non-hydrogen) atoms. The number of nitrogens with zero attached hydrogens (tertiary/aromatic N) is 2. The summed E-state index contributed by atoms with van der Waals surface area (Å²) in [7, 11) is 0. The molecule has 0 spiro atoms. The van der Waals surface area contributed by atoms with Crippen LogP contribution in [0.4, 0.5) is 0 Å². The van der Waals surface area contributed by atoms with E-state index in [-0.39, 0.29) is 23.7 Å². The number of amides is 2. The molecule has 3 rings (SSSR count). The van der Waals surface area contributed by atoms with Gasteiger partial charge in [0.15, 0.2) is 0 Å². The Morgan fingerprint density at radius 1 is 0.679 bits per heavy atom. The third-order valence-electron chi connectivity index (χ3n) is 5.67. The van der Waals surface area contributed by atoms with Crippen molar-refractivity contribution in [3.8, 4) is 0 Å². The summed E-state index contributed by atoms with van der Waals surface area (Å²) in [4.78, 5) is 24.1. The lowest BCUT2D eigenvalue weighted by Crippen LogP contribution is -2.28. The van der Waals surface area contributed by atoms with Crippen molar-refractivity contribution in [1.29, 1.82) is 0 Å². The molecule has 2 aliphatic carbocycles. The second-order valence-corrected chi connectivity index (χ2v) is 7.81. The van der Waals surface area contributed by atoms with Crippen LogP contribution in [0.15, 0.2) is 34.5 Å². The molecule has 0 radical (unpaired) electrons. The van der Waals surface area contributed by atoms with Crippen LogP contribution in [-0.2, 0) is 9.59 Å². The van der Waals surface area contributed by atoms with Crippen LogP contribution in [0.3, 0.4) is 0 Å². The van der Waals surface area contributed by atoms with Crippen molar-refractivity contribution in [3.05, 3.63) is 35.4 Å². The molecule has 0 heterocycles. The number of hydrazone groups is 2. The lowest BCUT2D eigenvalue weighted by molar-refractivity contribution is -0.126. The van der Waals surface area contributed by atoms with E-state index < -0.39 is 0 Å². The van der Waals surface area contributed by atoms with Crippen LogP contribution < -0.4 is 10.9 Å². The van der Waals surface area contributed by atoms with Crippen LogP contribution in [0, 0.1) is 11.8 Å². The predicted octanol–water partition coefficient (Wildman–Crippen LogP) is 3.75. The molecule has 0 atom stereocenters. The SMILES string of the molecule is O=C(N/N=C\c1ccc(/C=N\NC(=O)C2CCCCC2)cc1)C1CCCCC1. The molecule has 2 amide bonds. The monoisotopic (exact) mass is 382 g/mol. The third kappa shape index (κ3) is 6.29. The van der Waals surface area contributed by atoms with Gasteiger partial charge in [0.25, 0.3) is 0 Å². The molecule has 2 fully saturated rings. The Hall–Kier alpha value is -2.50. The summed E-state index contributed by atoms with van der Waals surface area (Å²) in [6.45, 7) is 0. The van der Waals surface area contributed by atoms with Gasteiger partial charge in [-0.15, -0.1) is 0 Å². The molecule has 0 bridgehead atoms. The van der Waals surface area contributed by atoms with E-state index in [1.54, 1.807) is 12.4 Å². The van der Waals surface area contributed by atoms with Gasteiger partial charge in [-0.25, -0.2) is 10.9 Å². The normalized spacial score (nSPS) is 19.1. The fraction of sp³-hybridized carbons (Fsp3) is 0.545. The highest BCUT2D eigenvalue weighted by atomic mass is 16.2. The van der Waals surface area contributed by atoms with Gasteiger partial charge in [-0.3, -0.25) is 9.59 Å². The minimum atomic E-state index is 0.0217. The molecular formula is C22H30N4O2. The van der Waals surface area contributed by atoms with E-state index in [2.05, 4.69) is 21.1 Å². The smallest absolute Gasteiger partial charge is 0.243 e. The highest BCUT2D eigenvalue weighted by molar-refractivity contribution is 5.86. The highest BCUT2D eigenvalue weighted by Crippen LogP contribution is 2.24. The molecule has 0 unspecified atom stereocenters. The average Bonchev–Trinajstić information content (AvgIpc) is 2.76. The number of carbonyl (C=O) groups is 2. The third-order valence-corrected chi connectivity index (χ3v) is 5.67. The Bertz CT molecular complexity index is 639. The number of nitrogens with one attached hydrogen (secondary N) is 2. The molecule has 0 saturated heterocycles. The first-order valence-electron chi connectivity index (χ1n) is 10.5. The summed E-state index contributed by atoms with van der Waals surface area (Å²) >= 11 is 0. The molecule has 6 heteroatoms. The number of hydrogen-bond donors (Lipinski definition) is 2. The summed E-state index contributed by atoms with van der Waals surface area (Å²) in [6.07, 6.45) is 14.1. The molecule has 1 aromatic rings. The van der Waals surface area contributed by atoms with Gasteiger partial charge in [0.05, 0.1) is 12.4 Å². The van der Waals surface area contributed by atoms with Gasteiger partial charge in [0, 0.05) is 11.8 Å². The molecule has 0 aromatic heterocycles. The molecule has 0 aliphatic heterocycles. The maximum absolute atomic E-state index is 12.1. The zero-order valence-corrected chi connectivity index (χ0v) is 16.4. The van der Waals surface area contributed by atoms with Crippen molar-refractivity contribution in [2.75, 3.05) is 0 Å². The van der Waals surface area contributed by atoms with Crippen molar-refractivity contribution < 1.29 is 9.59 Å². The van der Waals surface area contributed by atoms with Gasteiger partial charge >= 0.3 is 0 Å². The van der Waals surface area contributed by atoms with Gasteiger partial charge in [-0.05, 0) is 36.8 Å². The van der Waals surface area contributed by atoms with Crippen LogP contribution in [0.25, 0.3) is 0 Å². The first-order valence-corrected chi connectivity index (χ1v) is 10.5. The Balaban J connectivity index is 1.42. The van der Waals surface area contributed by atoms with Gasteiger partial charge in [0.1, 0.15) is 0 Å². The lowest BCUT2D eigenvalue weighted by atomic mass is 9.89. The summed E-state index contributed by atoms with van der Waals surface area (Å²) in [5.41, 5.74) is 7.09. The number of rotatable bonds is 6. The molecular weight excluding hydrogens is 352 g/mol. The molecule has 2 saturated carbocycles. The summed E-state index contributed by atoms with van der Waals surface area (Å²) in [5, 5.41) is 8.14. The van der Waals surface area contributed by atoms with E-state index in [9.17, 15) is 9.59 Å². The average molecular weight is 383 g/mol. The van der Waals surface area contributed by atoms with Crippen LogP contribution in [0.2, 0.25) is 0 Å². The van der Waals surface area contributed by atoms with Crippen LogP contribution in [-0.4, -0.2) is 24.2 Å². The maximum atomic E-state index is 12.1. The second-order valence-electron chi connectivity index (χ2n) is 7.81. The van der Waals surface area contributed by atoms with Crippen molar-refractivity contribution in [3.63, 3.8) is 0 Å². The van der Waals surface area contributed by atoms with E-state index in [4.69, 9.17) is 0 Å². The summed E-state index contributed by atoms with van der Waals surface area (Å²) in [5.74, 6) is 0.253. The van der Waals surface area contributed by atoms with Crippen LogP contribution in [0.5, 0.6) is 0 Å². The topological polar surface area (TPSA) is 82.9 Å². The highest BCUT2D eigenvalue weighted by Gasteiger charge is 2.21. The van der Waals surface area contributed by atoms with Crippen LogP contribution in [0.1, 0.15) is 75.3 Å². The van der Waals surface area contributed by atoms with Crippen molar-refractivity contribution >= 4 is 24.2 Å². The minimum Gasteiger partial charge on any atom is -0.273 e. The first-order chi connectivity index (χ1) is 13.7. The van der Waals surface area contributed by atoms with E-state index in [1.165, 1.54) is 12.8 Å². The Labute approximate surface area is 166 Å². The number of carbonyl (C=O) groups excluding carboxylic acids is 2. The molecule has 6 nitrogen and oxygen atoms in total. The van der Waals surface area contributed by atoms with Gasteiger partial charge in [-0.1, -0.05) is 62.8 Å².